The maximum absolute atomic E-state index is 11.6. The fourth-order valence-electron chi connectivity index (χ4n) is 2.53. The maximum atomic E-state index is 11.6. The van der Waals surface area contributed by atoms with Crippen LogP contribution >= 0.6 is 0 Å². The molecule has 1 aromatic rings. The van der Waals surface area contributed by atoms with Crippen LogP contribution in [0.3, 0.4) is 0 Å². The van der Waals surface area contributed by atoms with Gasteiger partial charge in [0, 0.05) is 6.04 Å². The smallest absolute Gasteiger partial charge is 0.308 e. The third-order valence-corrected chi connectivity index (χ3v) is 3.59. The zero-order valence-electron chi connectivity index (χ0n) is 10.4. The standard InChI is InChI=1S/C14H19NO2/c1-15-9-8-12(14(16)17-2)10-13(15)11-6-4-3-5-7-11/h3-7,12-13H,8-10H2,1-2H3. The first-order chi connectivity index (χ1) is 8.22. The summed E-state index contributed by atoms with van der Waals surface area (Å²) in [6, 6.07) is 10.7. The molecule has 92 valence electrons. The van der Waals surface area contributed by atoms with Gasteiger partial charge < -0.3 is 4.74 Å². The normalized spacial score (nSPS) is 25.5. The third kappa shape index (κ3) is 2.67. The number of benzene rings is 1. The van der Waals surface area contributed by atoms with Gasteiger partial charge in [-0.15, -0.1) is 0 Å². The van der Waals surface area contributed by atoms with Crippen molar-refractivity contribution in [3.8, 4) is 0 Å². The summed E-state index contributed by atoms with van der Waals surface area (Å²) in [5, 5.41) is 0. The van der Waals surface area contributed by atoms with Crippen LogP contribution in [0.2, 0.25) is 0 Å². The largest absolute Gasteiger partial charge is 0.469 e. The molecule has 0 amide bonds. The maximum Gasteiger partial charge on any atom is 0.308 e. The Balaban J connectivity index is 2.13. The van der Waals surface area contributed by atoms with Gasteiger partial charge in [-0.2, -0.15) is 0 Å². The molecule has 0 aliphatic carbocycles. The van der Waals surface area contributed by atoms with E-state index in [0.29, 0.717) is 6.04 Å². The third-order valence-electron chi connectivity index (χ3n) is 3.59. The Morgan fingerprint density at radius 2 is 2.06 bits per heavy atom. The molecule has 0 bridgehead atoms. The number of rotatable bonds is 2. The second-order valence-corrected chi connectivity index (χ2v) is 4.65. The summed E-state index contributed by atoms with van der Waals surface area (Å²) >= 11 is 0. The second-order valence-electron chi connectivity index (χ2n) is 4.65. The Bertz CT molecular complexity index is 377. The average Bonchev–Trinajstić information content (AvgIpc) is 2.39. The van der Waals surface area contributed by atoms with E-state index in [1.807, 2.05) is 18.2 Å². The highest BCUT2D eigenvalue weighted by Crippen LogP contribution is 2.33. The highest BCUT2D eigenvalue weighted by Gasteiger charge is 2.31. The van der Waals surface area contributed by atoms with Crippen LogP contribution in [0.5, 0.6) is 0 Å². The number of esters is 1. The lowest BCUT2D eigenvalue weighted by Gasteiger charge is -2.36. The van der Waals surface area contributed by atoms with Crippen LogP contribution in [0.25, 0.3) is 0 Å². The van der Waals surface area contributed by atoms with Crippen LogP contribution in [-0.4, -0.2) is 31.6 Å². The summed E-state index contributed by atoms with van der Waals surface area (Å²) < 4.78 is 4.85. The van der Waals surface area contributed by atoms with Gasteiger partial charge >= 0.3 is 5.97 Å². The summed E-state index contributed by atoms with van der Waals surface area (Å²) in [4.78, 5) is 13.9. The number of hydrogen-bond acceptors (Lipinski definition) is 3. The van der Waals surface area contributed by atoms with Crippen molar-refractivity contribution in [2.75, 3.05) is 20.7 Å². The Morgan fingerprint density at radius 1 is 1.35 bits per heavy atom. The average molecular weight is 233 g/mol. The molecular weight excluding hydrogens is 214 g/mol. The van der Waals surface area contributed by atoms with Gasteiger partial charge in [0.05, 0.1) is 13.0 Å². The van der Waals surface area contributed by atoms with E-state index in [2.05, 4.69) is 24.1 Å². The lowest BCUT2D eigenvalue weighted by atomic mass is 9.87. The molecule has 1 aliphatic rings. The van der Waals surface area contributed by atoms with Crippen molar-refractivity contribution in [3.05, 3.63) is 35.9 Å². The number of ether oxygens (including phenoxy) is 1. The molecule has 3 nitrogen and oxygen atoms in total. The van der Waals surface area contributed by atoms with Crippen LogP contribution in [0, 0.1) is 5.92 Å². The van der Waals surface area contributed by atoms with Crippen LogP contribution in [0.4, 0.5) is 0 Å². The molecule has 1 aliphatic heterocycles. The first-order valence-corrected chi connectivity index (χ1v) is 6.05. The predicted molar refractivity (Wildman–Crippen MR) is 66.6 cm³/mol. The van der Waals surface area contributed by atoms with Gasteiger partial charge in [0.2, 0.25) is 0 Å². The number of nitrogens with zero attached hydrogens (tertiary/aromatic N) is 1. The first kappa shape index (κ1) is 12.1. The molecule has 1 aromatic carbocycles. The fourth-order valence-corrected chi connectivity index (χ4v) is 2.53. The van der Waals surface area contributed by atoms with Crippen molar-refractivity contribution in [3.63, 3.8) is 0 Å². The molecule has 0 radical (unpaired) electrons. The number of carbonyl (C=O) groups excluding carboxylic acids is 1. The van der Waals surface area contributed by atoms with E-state index in [1.54, 1.807) is 0 Å². The molecule has 2 unspecified atom stereocenters. The number of hydrogen-bond donors (Lipinski definition) is 0. The minimum absolute atomic E-state index is 0.0430. The van der Waals surface area contributed by atoms with E-state index in [4.69, 9.17) is 4.74 Å². The lowest BCUT2D eigenvalue weighted by molar-refractivity contribution is -0.147. The van der Waals surface area contributed by atoms with Crippen molar-refractivity contribution in [2.24, 2.45) is 5.92 Å². The Kier molecular flexibility index (Phi) is 3.79. The predicted octanol–water partition coefficient (Wildman–Crippen LogP) is 2.24. The van der Waals surface area contributed by atoms with Gasteiger partial charge in [0.15, 0.2) is 0 Å². The van der Waals surface area contributed by atoms with Crippen LogP contribution in [-0.2, 0) is 9.53 Å². The van der Waals surface area contributed by atoms with Crippen molar-refractivity contribution in [1.29, 1.82) is 0 Å². The summed E-state index contributed by atoms with van der Waals surface area (Å²) in [5.74, 6) is -0.0274. The zero-order chi connectivity index (χ0) is 12.3. The minimum atomic E-state index is -0.0703. The topological polar surface area (TPSA) is 29.5 Å². The van der Waals surface area contributed by atoms with Gasteiger partial charge in [0.25, 0.3) is 0 Å². The van der Waals surface area contributed by atoms with Gasteiger partial charge in [-0.25, -0.2) is 0 Å². The summed E-state index contributed by atoms with van der Waals surface area (Å²) in [5.41, 5.74) is 1.28. The molecule has 2 rings (SSSR count). The minimum Gasteiger partial charge on any atom is -0.469 e. The highest BCUT2D eigenvalue weighted by atomic mass is 16.5. The van der Waals surface area contributed by atoms with E-state index in [-0.39, 0.29) is 11.9 Å². The molecule has 1 fully saturated rings. The summed E-state index contributed by atoms with van der Waals surface area (Å²) in [6.07, 6.45) is 1.75. The molecule has 1 saturated heterocycles. The van der Waals surface area contributed by atoms with Crippen LogP contribution in [0.1, 0.15) is 24.4 Å². The Hall–Kier alpha value is -1.35. The van der Waals surface area contributed by atoms with E-state index >= 15 is 0 Å². The monoisotopic (exact) mass is 233 g/mol. The first-order valence-electron chi connectivity index (χ1n) is 6.05. The molecular formula is C14H19NO2. The molecule has 2 atom stereocenters. The summed E-state index contributed by atoms with van der Waals surface area (Å²) in [6.45, 7) is 0.944. The SMILES string of the molecule is COC(=O)C1CCN(C)C(c2ccccc2)C1. The quantitative estimate of drug-likeness (QED) is 0.734. The summed E-state index contributed by atoms with van der Waals surface area (Å²) in [7, 11) is 3.59. The van der Waals surface area contributed by atoms with Crippen molar-refractivity contribution < 1.29 is 9.53 Å². The van der Waals surface area contributed by atoms with E-state index in [0.717, 1.165) is 19.4 Å². The van der Waals surface area contributed by atoms with Gasteiger partial charge in [-0.05, 0) is 32.0 Å². The van der Waals surface area contributed by atoms with Gasteiger partial charge in [-0.1, -0.05) is 30.3 Å². The molecule has 0 N–H and O–H groups in total. The fraction of sp³-hybridized carbons (Fsp3) is 0.500. The molecule has 0 saturated carbocycles. The number of piperidine rings is 1. The molecule has 3 heteroatoms. The second kappa shape index (κ2) is 5.32. The van der Waals surface area contributed by atoms with E-state index < -0.39 is 0 Å². The lowest BCUT2D eigenvalue weighted by Crippen LogP contribution is -2.36. The number of methoxy groups -OCH3 is 1. The van der Waals surface area contributed by atoms with E-state index in [1.165, 1.54) is 12.7 Å². The van der Waals surface area contributed by atoms with Crippen LogP contribution < -0.4 is 0 Å². The van der Waals surface area contributed by atoms with Crippen molar-refractivity contribution >= 4 is 5.97 Å². The van der Waals surface area contributed by atoms with Crippen molar-refractivity contribution in [2.45, 2.75) is 18.9 Å². The van der Waals surface area contributed by atoms with Crippen LogP contribution in [0.15, 0.2) is 30.3 Å². The molecule has 0 spiro atoms. The van der Waals surface area contributed by atoms with Gasteiger partial charge in [-0.3, -0.25) is 9.69 Å². The molecule has 1 heterocycles. The van der Waals surface area contributed by atoms with Crippen molar-refractivity contribution in [1.82, 2.24) is 4.90 Å². The molecule has 0 aromatic heterocycles. The van der Waals surface area contributed by atoms with E-state index in [9.17, 15) is 4.79 Å². The zero-order valence-corrected chi connectivity index (χ0v) is 10.4. The highest BCUT2D eigenvalue weighted by molar-refractivity contribution is 5.72. The van der Waals surface area contributed by atoms with Gasteiger partial charge in [0.1, 0.15) is 0 Å². The Morgan fingerprint density at radius 3 is 2.71 bits per heavy atom. The number of likely N-dealkylation sites (tertiary alicyclic amines) is 1. The molecule has 17 heavy (non-hydrogen) atoms. The Labute approximate surface area is 102 Å². The number of carbonyl (C=O) groups is 1.